The zero-order valence-corrected chi connectivity index (χ0v) is 11.2. The summed E-state index contributed by atoms with van der Waals surface area (Å²) in [6.45, 7) is 5.95. The van der Waals surface area contributed by atoms with Gasteiger partial charge in [-0.1, -0.05) is 0 Å². The van der Waals surface area contributed by atoms with Crippen molar-refractivity contribution in [2.24, 2.45) is 0 Å². The van der Waals surface area contributed by atoms with Gasteiger partial charge < -0.3 is 19.5 Å². The molecule has 0 bridgehead atoms. The van der Waals surface area contributed by atoms with Crippen LogP contribution in [0.3, 0.4) is 0 Å². The summed E-state index contributed by atoms with van der Waals surface area (Å²) in [5.74, 6) is -0.0951. The number of aromatic nitrogens is 2. The molecule has 19 heavy (non-hydrogen) atoms. The van der Waals surface area contributed by atoms with Gasteiger partial charge in [-0.05, 0) is 13.8 Å². The summed E-state index contributed by atoms with van der Waals surface area (Å²) in [4.78, 5) is 34.0. The maximum Gasteiger partial charge on any atom is 0.409 e. The van der Waals surface area contributed by atoms with Gasteiger partial charge >= 0.3 is 6.09 Å². The summed E-state index contributed by atoms with van der Waals surface area (Å²) < 4.78 is 4.93. The van der Waals surface area contributed by atoms with Crippen LogP contribution >= 0.6 is 0 Å². The van der Waals surface area contributed by atoms with Gasteiger partial charge in [0, 0.05) is 31.9 Å². The fourth-order valence-electron chi connectivity index (χ4n) is 2.03. The van der Waals surface area contributed by atoms with E-state index in [4.69, 9.17) is 4.74 Å². The summed E-state index contributed by atoms with van der Waals surface area (Å²) in [6, 6.07) is 0. The molecule has 7 nitrogen and oxygen atoms in total. The zero-order chi connectivity index (χ0) is 13.8. The third kappa shape index (κ3) is 2.86. The normalized spacial score (nSPS) is 15.5. The van der Waals surface area contributed by atoms with Gasteiger partial charge in [0.05, 0.1) is 12.9 Å². The number of rotatable bonds is 2. The number of imidazole rings is 1. The number of ether oxygens (including phenoxy) is 1. The molecule has 1 aromatic heterocycles. The van der Waals surface area contributed by atoms with E-state index in [9.17, 15) is 9.59 Å². The van der Waals surface area contributed by atoms with Gasteiger partial charge in [-0.3, -0.25) is 4.79 Å². The van der Waals surface area contributed by atoms with Gasteiger partial charge in [-0.25, -0.2) is 9.78 Å². The number of aryl methyl sites for hydroxylation is 1. The summed E-state index contributed by atoms with van der Waals surface area (Å²) in [5, 5.41) is 0. The van der Waals surface area contributed by atoms with Crippen molar-refractivity contribution >= 4 is 12.0 Å². The van der Waals surface area contributed by atoms with Crippen LogP contribution in [0.2, 0.25) is 0 Å². The molecule has 1 aliphatic rings. The molecule has 1 N–H and O–H groups in total. The van der Waals surface area contributed by atoms with Gasteiger partial charge in [0.25, 0.3) is 5.91 Å². The lowest BCUT2D eigenvalue weighted by Gasteiger charge is -2.33. The molecular weight excluding hydrogens is 248 g/mol. The quantitative estimate of drug-likeness (QED) is 0.851. The SMILES string of the molecule is CCOC(=O)N1CCN(C(=O)c2nc[nH]c2C)CC1. The Morgan fingerprint density at radius 3 is 2.47 bits per heavy atom. The van der Waals surface area contributed by atoms with E-state index in [0.717, 1.165) is 5.69 Å². The van der Waals surface area contributed by atoms with E-state index >= 15 is 0 Å². The largest absolute Gasteiger partial charge is 0.450 e. The highest BCUT2D eigenvalue weighted by Gasteiger charge is 2.26. The molecule has 0 radical (unpaired) electrons. The molecule has 7 heteroatoms. The minimum atomic E-state index is -0.314. The third-order valence-corrected chi connectivity index (χ3v) is 3.13. The summed E-state index contributed by atoms with van der Waals surface area (Å²) >= 11 is 0. The van der Waals surface area contributed by atoms with Gasteiger partial charge in [-0.15, -0.1) is 0 Å². The fourth-order valence-corrected chi connectivity index (χ4v) is 2.03. The lowest BCUT2D eigenvalue weighted by atomic mass is 10.2. The molecule has 0 atom stereocenters. The van der Waals surface area contributed by atoms with Crippen molar-refractivity contribution in [2.75, 3.05) is 32.8 Å². The summed E-state index contributed by atoms with van der Waals surface area (Å²) in [7, 11) is 0. The van der Waals surface area contributed by atoms with Gasteiger partial charge in [0.15, 0.2) is 0 Å². The Bertz CT molecular complexity index is 463. The van der Waals surface area contributed by atoms with Crippen LogP contribution in [0, 0.1) is 6.92 Å². The molecule has 0 unspecified atom stereocenters. The summed E-state index contributed by atoms with van der Waals surface area (Å²) in [6.07, 6.45) is 1.20. The highest BCUT2D eigenvalue weighted by atomic mass is 16.6. The van der Waals surface area contributed by atoms with E-state index in [2.05, 4.69) is 9.97 Å². The molecule has 0 spiro atoms. The summed E-state index contributed by atoms with van der Waals surface area (Å²) in [5.41, 5.74) is 1.21. The maximum atomic E-state index is 12.2. The first-order valence-electron chi connectivity index (χ1n) is 6.34. The highest BCUT2D eigenvalue weighted by Crippen LogP contribution is 2.10. The molecule has 0 aromatic carbocycles. The van der Waals surface area contributed by atoms with E-state index in [1.807, 2.05) is 6.92 Å². The van der Waals surface area contributed by atoms with Crippen LogP contribution in [-0.4, -0.2) is 64.6 Å². The van der Waals surface area contributed by atoms with E-state index < -0.39 is 0 Å². The van der Waals surface area contributed by atoms with Crippen molar-refractivity contribution < 1.29 is 14.3 Å². The van der Waals surface area contributed by atoms with Crippen LogP contribution in [0.5, 0.6) is 0 Å². The zero-order valence-electron chi connectivity index (χ0n) is 11.2. The number of aromatic amines is 1. The Morgan fingerprint density at radius 1 is 1.32 bits per heavy atom. The van der Waals surface area contributed by atoms with Gasteiger partial charge in [0.2, 0.25) is 0 Å². The number of carbonyl (C=O) groups excluding carboxylic acids is 2. The van der Waals surface area contributed by atoms with E-state index in [1.54, 1.807) is 16.7 Å². The fraction of sp³-hybridized carbons (Fsp3) is 0.583. The van der Waals surface area contributed by atoms with Crippen molar-refractivity contribution in [2.45, 2.75) is 13.8 Å². The van der Waals surface area contributed by atoms with E-state index in [1.165, 1.54) is 6.33 Å². The second-order valence-electron chi connectivity index (χ2n) is 4.35. The Balaban J connectivity index is 1.92. The number of hydrogen-bond donors (Lipinski definition) is 1. The smallest absolute Gasteiger partial charge is 0.409 e. The molecule has 0 saturated carbocycles. The standard InChI is InChI=1S/C12H18N4O3/c1-3-19-12(18)16-6-4-15(5-7-16)11(17)10-9(2)13-8-14-10/h8H,3-7H2,1-2H3,(H,13,14). The molecule has 1 aromatic rings. The Morgan fingerprint density at radius 2 is 1.95 bits per heavy atom. The second kappa shape index (κ2) is 5.73. The molecule has 2 amide bonds. The predicted octanol–water partition coefficient (Wildman–Crippen LogP) is 0.632. The lowest BCUT2D eigenvalue weighted by molar-refractivity contribution is 0.0565. The highest BCUT2D eigenvalue weighted by molar-refractivity contribution is 5.93. The van der Waals surface area contributed by atoms with Gasteiger partial charge in [0.1, 0.15) is 5.69 Å². The lowest BCUT2D eigenvalue weighted by Crippen LogP contribution is -2.50. The van der Waals surface area contributed by atoms with Crippen LogP contribution in [0.25, 0.3) is 0 Å². The minimum absolute atomic E-state index is 0.0951. The van der Waals surface area contributed by atoms with Crippen molar-refractivity contribution in [3.8, 4) is 0 Å². The molecule has 1 aliphatic heterocycles. The molecule has 104 valence electrons. The Labute approximate surface area is 111 Å². The van der Waals surface area contributed by atoms with Crippen molar-refractivity contribution in [1.82, 2.24) is 19.8 Å². The molecular formula is C12H18N4O3. The molecule has 0 aliphatic carbocycles. The van der Waals surface area contributed by atoms with Crippen molar-refractivity contribution in [1.29, 1.82) is 0 Å². The first-order chi connectivity index (χ1) is 9.13. The van der Waals surface area contributed by atoms with Crippen LogP contribution < -0.4 is 0 Å². The topological polar surface area (TPSA) is 78.5 Å². The number of carbonyl (C=O) groups is 2. The Hall–Kier alpha value is -2.05. The van der Waals surface area contributed by atoms with Crippen LogP contribution in [-0.2, 0) is 4.74 Å². The van der Waals surface area contributed by atoms with E-state index in [0.29, 0.717) is 38.5 Å². The monoisotopic (exact) mass is 266 g/mol. The molecule has 2 rings (SSSR count). The van der Waals surface area contributed by atoms with E-state index in [-0.39, 0.29) is 12.0 Å². The average Bonchev–Trinajstić information content (AvgIpc) is 2.84. The van der Waals surface area contributed by atoms with Gasteiger partial charge in [-0.2, -0.15) is 0 Å². The van der Waals surface area contributed by atoms with Crippen LogP contribution in [0.1, 0.15) is 23.1 Å². The van der Waals surface area contributed by atoms with Crippen LogP contribution in [0.15, 0.2) is 6.33 Å². The molecule has 2 heterocycles. The first-order valence-corrected chi connectivity index (χ1v) is 6.34. The van der Waals surface area contributed by atoms with Crippen molar-refractivity contribution in [3.05, 3.63) is 17.7 Å². The minimum Gasteiger partial charge on any atom is -0.450 e. The number of piperazine rings is 1. The molecule has 1 fully saturated rings. The number of H-pyrrole nitrogens is 1. The molecule has 1 saturated heterocycles. The average molecular weight is 266 g/mol. The Kier molecular flexibility index (Phi) is 4.03. The predicted molar refractivity (Wildman–Crippen MR) is 67.8 cm³/mol. The van der Waals surface area contributed by atoms with Crippen molar-refractivity contribution in [3.63, 3.8) is 0 Å². The number of amides is 2. The van der Waals surface area contributed by atoms with Crippen LogP contribution in [0.4, 0.5) is 4.79 Å². The first kappa shape index (κ1) is 13.4. The number of nitrogens with zero attached hydrogens (tertiary/aromatic N) is 3. The third-order valence-electron chi connectivity index (χ3n) is 3.13. The maximum absolute atomic E-state index is 12.2. The number of hydrogen-bond acceptors (Lipinski definition) is 4. The number of nitrogens with one attached hydrogen (secondary N) is 1. The second-order valence-corrected chi connectivity index (χ2v) is 4.35.